The van der Waals surface area contributed by atoms with Crippen LogP contribution in [-0.4, -0.2) is 43.6 Å². The van der Waals surface area contributed by atoms with E-state index in [4.69, 9.17) is 25.8 Å². The van der Waals surface area contributed by atoms with Crippen LogP contribution in [0.25, 0.3) is 0 Å². The Morgan fingerprint density at radius 3 is 2.61 bits per heavy atom. The van der Waals surface area contributed by atoms with Crippen molar-refractivity contribution in [1.82, 2.24) is 4.90 Å². The summed E-state index contributed by atoms with van der Waals surface area (Å²) in [4.78, 5) is 26.7. The van der Waals surface area contributed by atoms with E-state index in [9.17, 15) is 9.59 Å². The van der Waals surface area contributed by atoms with Crippen molar-refractivity contribution in [3.63, 3.8) is 0 Å². The van der Waals surface area contributed by atoms with Crippen molar-refractivity contribution in [1.29, 1.82) is 0 Å². The highest BCUT2D eigenvalue weighted by Crippen LogP contribution is 2.38. The number of methoxy groups -OCH3 is 1. The SMILES string of the molecule is COC(=O)C(C)CN(Cc1ccccc1)C(=O)c1cc(Cl)c2c(c1)OCCO2. The first kappa shape index (κ1) is 20.0. The van der Waals surface area contributed by atoms with Crippen molar-refractivity contribution in [2.75, 3.05) is 26.9 Å². The highest BCUT2D eigenvalue weighted by molar-refractivity contribution is 6.32. The van der Waals surface area contributed by atoms with E-state index >= 15 is 0 Å². The first-order valence-electron chi connectivity index (χ1n) is 8.99. The van der Waals surface area contributed by atoms with E-state index in [0.29, 0.717) is 41.8 Å². The molecule has 1 aliphatic heterocycles. The fourth-order valence-corrected chi connectivity index (χ4v) is 3.31. The smallest absolute Gasteiger partial charge is 0.310 e. The number of carbonyl (C=O) groups is 2. The second kappa shape index (κ2) is 8.97. The van der Waals surface area contributed by atoms with Crippen LogP contribution in [0.5, 0.6) is 11.5 Å². The molecule has 3 rings (SSSR count). The van der Waals surface area contributed by atoms with Gasteiger partial charge in [0.1, 0.15) is 13.2 Å². The Kier molecular flexibility index (Phi) is 6.41. The van der Waals surface area contributed by atoms with Gasteiger partial charge in [-0.15, -0.1) is 0 Å². The third-order valence-electron chi connectivity index (χ3n) is 4.45. The number of amides is 1. The summed E-state index contributed by atoms with van der Waals surface area (Å²) in [5, 5.41) is 0.321. The molecule has 0 fully saturated rings. The number of ether oxygens (including phenoxy) is 3. The second-order valence-electron chi connectivity index (χ2n) is 6.58. The molecule has 2 aromatic rings. The lowest BCUT2D eigenvalue weighted by atomic mass is 10.1. The molecule has 1 heterocycles. The molecule has 148 valence electrons. The molecule has 28 heavy (non-hydrogen) atoms. The normalized spacial score (nSPS) is 13.5. The Bertz CT molecular complexity index is 855. The second-order valence-corrected chi connectivity index (χ2v) is 6.98. The van der Waals surface area contributed by atoms with Gasteiger partial charge in [-0.3, -0.25) is 9.59 Å². The number of carbonyl (C=O) groups excluding carboxylic acids is 2. The van der Waals surface area contributed by atoms with Crippen LogP contribution in [0.2, 0.25) is 5.02 Å². The standard InChI is InChI=1S/C21H22ClNO5/c1-14(21(25)26-2)12-23(13-15-6-4-3-5-7-15)20(24)16-10-17(22)19-18(11-16)27-8-9-28-19/h3-7,10-11,14H,8-9,12-13H2,1-2H3. The van der Waals surface area contributed by atoms with Gasteiger partial charge >= 0.3 is 5.97 Å². The monoisotopic (exact) mass is 403 g/mol. The van der Waals surface area contributed by atoms with Crippen molar-refractivity contribution in [3.8, 4) is 11.5 Å². The molecule has 0 bridgehead atoms. The van der Waals surface area contributed by atoms with Gasteiger partial charge in [-0.1, -0.05) is 48.9 Å². The van der Waals surface area contributed by atoms with Crippen LogP contribution in [0.15, 0.2) is 42.5 Å². The summed E-state index contributed by atoms with van der Waals surface area (Å²) < 4.78 is 15.9. The predicted octanol–water partition coefficient (Wildman–Crippen LogP) is 3.56. The van der Waals surface area contributed by atoms with Crippen LogP contribution in [0, 0.1) is 5.92 Å². The Morgan fingerprint density at radius 1 is 1.18 bits per heavy atom. The van der Waals surface area contributed by atoms with Crippen LogP contribution in [0.4, 0.5) is 0 Å². The topological polar surface area (TPSA) is 65.1 Å². The molecule has 1 amide bonds. The lowest BCUT2D eigenvalue weighted by Gasteiger charge is -2.26. The Balaban J connectivity index is 1.89. The molecule has 0 aromatic heterocycles. The molecule has 0 saturated carbocycles. The quantitative estimate of drug-likeness (QED) is 0.690. The number of hydrogen-bond acceptors (Lipinski definition) is 5. The zero-order valence-electron chi connectivity index (χ0n) is 15.8. The molecule has 0 radical (unpaired) electrons. The summed E-state index contributed by atoms with van der Waals surface area (Å²) in [6.07, 6.45) is 0. The fraction of sp³-hybridized carbons (Fsp3) is 0.333. The van der Waals surface area contributed by atoms with Gasteiger partial charge in [0, 0.05) is 18.7 Å². The molecule has 2 aromatic carbocycles. The van der Waals surface area contributed by atoms with E-state index in [2.05, 4.69) is 0 Å². The van der Waals surface area contributed by atoms with Crippen molar-refractivity contribution < 1.29 is 23.8 Å². The molecular weight excluding hydrogens is 382 g/mol. The molecule has 0 saturated heterocycles. The number of benzene rings is 2. The van der Waals surface area contributed by atoms with E-state index in [0.717, 1.165) is 5.56 Å². The zero-order chi connectivity index (χ0) is 20.1. The molecule has 0 N–H and O–H groups in total. The highest BCUT2D eigenvalue weighted by Gasteiger charge is 2.25. The summed E-state index contributed by atoms with van der Waals surface area (Å²) in [5.74, 6) is -0.195. The molecular formula is C21H22ClNO5. The van der Waals surface area contributed by atoms with Crippen LogP contribution in [-0.2, 0) is 16.1 Å². The van der Waals surface area contributed by atoms with Crippen molar-refractivity contribution in [2.45, 2.75) is 13.5 Å². The van der Waals surface area contributed by atoms with Crippen molar-refractivity contribution >= 4 is 23.5 Å². The van der Waals surface area contributed by atoms with Crippen molar-refractivity contribution in [2.24, 2.45) is 5.92 Å². The van der Waals surface area contributed by atoms with Gasteiger partial charge in [-0.25, -0.2) is 0 Å². The molecule has 0 aliphatic carbocycles. The lowest BCUT2D eigenvalue weighted by Crippen LogP contribution is -2.37. The van der Waals surface area contributed by atoms with Gasteiger partial charge in [-0.05, 0) is 17.7 Å². The maximum Gasteiger partial charge on any atom is 0.310 e. The summed E-state index contributed by atoms with van der Waals surface area (Å²) in [5.41, 5.74) is 1.33. The minimum Gasteiger partial charge on any atom is -0.486 e. The Morgan fingerprint density at radius 2 is 1.89 bits per heavy atom. The Hall–Kier alpha value is -2.73. The number of nitrogens with zero attached hydrogens (tertiary/aromatic N) is 1. The molecule has 1 atom stereocenters. The maximum absolute atomic E-state index is 13.3. The molecule has 1 aliphatic rings. The molecule has 0 spiro atoms. The third kappa shape index (κ3) is 4.57. The van der Waals surface area contributed by atoms with E-state index in [1.807, 2.05) is 30.3 Å². The maximum atomic E-state index is 13.3. The van der Waals surface area contributed by atoms with Crippen molar-refractivity contribution in [3.05, 3.63) is 58.6 Å². The molecule has 6 nitrogen and oxygen atoms in total. The minimum absolute atomic E-state index is 0.215. The van der Waals surface area contributed by atoms with Crippen LogP contribution < -0.4 is 9.47 Å². The van der Waals surface area contributed by atoms with Gasteiger partial charge < -0.3 is 19.1 Å². The van der Waals surface area contributed by atoms with Gasteiger partial charge in [0.05, 0.1) is 18.1 Å². The van der Waals surface area contributed by atoms with E-state index < -0.39 is 5.92 Å². The lowest BCUT2D eigenvalue weighted by molar-refractivity contribution is -0.145. The number of fused-ring (bicyclic) bond motifs is 1. The first-order chi connectivity index (χ1) is 13.5. The molecule has 7 heteroatoms. The van der Waals surface area contributed by atoms with Crippen LogP contribution in [0.3, 0.4) is 0 Å². The average Bonchev–Trinajstić information content (AvgIpc) is 2.72. The van der Waals surface area contributed by atoms with Crippen LogP contribution >= 0.6 is 11.6 Å². The number of halogens is 1. The van der Waals surface area contributed by atoms with Gasteiger partial charge in [-0.2, -0.15) is 0 Å². The van der Waals surface area contributed by atoms with Crippen LogP contribution in [0.1, 0.15) is 22.8 Å². The van der Waals surface area contributed by atoms with Gasteiger partial charge in [0.25, 0.3) is 5.91 Å². The van der Waals surface area contributed by atoms with Gasteiger partial charge in [0.15, 0.2) is 11.5 Å². The summed E-state index contributed by atoms with van der Waals surface area (Å²) >= 11 is 6.29. The highest BCUT2D eigenvalue weighted by atomic mass is 35.5. The number of hydrogen-bond donors (Lipinski definition) is 0. The number of esters is 1. The van der Waals surface area contributed by atoms with E-state index in [1.165, 1.54) is 7.11 Å². The summed E-state index contributed by atoms with van der Waals surface area (Å²) in [7, 11) is 1.34. The fourth-order valence-electron chi connectivity index (χ4n) is 3.05. The Labute approximate surface area is 168 Å². The largest absolute Gasteiger partial charge is 0.486 e. The minimum atomic E-state index is -0.467. The van der Waals surface area contributed by atoms with Gasteiger partial charge in [0.2, 0.25) is 0 Å². The first-order valence-corrected chi connectivity index (χ1v) is 9.37. The van der Waals surface area contributed by atoms with E-state index in [1.54, 1.807) is 24.0 Å². The summed E-state index contributed by atoms with van der Waals surface area (Å²) in [6.45, 7) is 3.11. The number of rotatable bonds is 6. The predicted molar refractivity (Wildman–Crippen MR) is 105 cm³/mol. The third-order valence-corrected chi connectivity index (χ3v) is 4.73. The van der Waals surface area contributed by atoms with E-state index in [-0.39, 0.29) is 18.4 Å². The average molecular weight is 404 g/mol. The molecule has 1 unspecified atom stereocenters. The zero-order valence-corrected chi connectivity index (χ0v) is 16.6. The summed E-state index contributed by atoms with van der Waals surface area (Å²) in [6, 6.07) is 12.8.